The van der Waals surface area contributed by atoms with E-state index in [0.29, 0.717) is 17.6 Å². The Balaban J connectivity index is 1.69. The van der Waals surface area contributed by atoms with E-state index in [2.05, 4.69) is 20.6 Å². The van der Waals surface area contributed by atoms with E-state index >= 15 is 0 Å². The van der Waals surface area contributed by atoms with E-state index in [4.69, 9.17) is 0 Å². The lowest BCUT2D eigenvalue weighted by Gasteiger charge is -2.08. The highest BCUT2D eigenvalue weighted by Gasteiger charge is 2.09. The van der Waals surface area contributed by atoms with Crippen LogP contribution in [0.1, 0.15) is 34.2 Å². The Morgan fingerprint density at radius 2 is 1.58 bits per heavy atom. The average molecular weight is 348 g/mol. The zero-order chi connectivity index (χ0) is 18.7. The van der Waals surface area contributed by atoms with Gasteiger partial charge in [0.05, 0.1) is 22.4 Å². The van der Waals surface area contributed by atoms with Crippen LogP contribution in [0.25, 0.3) is 11.0 Å². The monoisotopic (exact) mass is 348 g/mol. The van der Waals surface area contributed by atoms with Crippen LogP contribution < -0.4 is 10.6 Å². The summed E-state index contributed by atoms with van der Waals surface area (Å²) in [6, 6.07) is 12.7. The first-order chi connectivity index (χ1) is 12.4. The number of aromatic nitrogens is 2. The van der Waals surface area contributed by atoms with Gasteiger partial charge in [0.15, 0.2) is 0 Å². The van der Waals surface area contributed by atoms with Crippen molar-refractivity contribution in [2.24, 2.45) is 0 Å². The molecular weight excluding hydrogens is 328 g/mol. The number of hydrogen-bond donors (Lipinski definition) is 2. The predicted octanol–water partition coefficient (Wildman–Crippen LogP) is 3.14. The van der Waals surface area contributed by atoms with Gasteiger partial charge in [0.25, 0.3) is 5.91 Å². The van der Waals surface area contributed by atoms with Crippen molar-refractivity contribution in [2.45, 2.75) is 27.3 Å². The average Bonchev–Trinajstić information content (AvgIpc) is 2.61. The van der Waals surface area contributed by atoms with E-state index in [1.165, 1.54) is 6.92 Å². The SMILES string of the molecule is CC(=O)Nc1ccc(CNC(=O)c2ccc3nc(C)c(C)nc3c2)cc1. The number of rotatable bonds is 4. The number of fused-ring (bicyclic) bond motifs is 1. The maximum atomic E-state index is 12.4. The van der Waals surface area contributed by atoms with E-state index in [1.807, 2.05) is 32.0 Å². The molecule has 0 aliphatic rings. The van der Waals surface area contributed by atoms with Crippen LogP contribution in [0.2, 0.25) is 0 Å². The molecule has 3 aromatic rings. The van der Waals surface area contributed by atoms with Crippen molar-refractivity contribution in [1.82, 2.24) is 15.3 Å². The van der Waals surface area contributed by atoms with Crippen molar-refractivity contribution in [1.29, 1.82) is 0 Å². The summed E-state index contributed by atoms with van der Waals surface area (Å²) in [5.41, 5.74) is 5.45. The first-order valence-corrected chi connectivity index (χ1v) is 8.32. The topological polar surface area (TPSA) is 84.0 Å². The number of carbonyl (C=O) groups excluding carboxylic acids is 2. The number of benzene rings is 2. The summed E-state index contributed by atoms with van der Waals surface area (Å²) in [5.74, 6) is -0.284. The van der Waals surface area contributed by atoms with Crippen LogP contribution in [0.5, 0.6) is 0 Å². The molecule has 2 aromatic carbocycles. The quantitative estimate of drug-likeness (QED) is 0.759. The van der Waals surface area contributed by atoms with E-state index in [0.717, 1.165) is 28.2 Å². The van der Waals surface area contributed by atoms with Gasteiger partial charge in [-0.3, -0.25) is 9.59 Å². The zero-order valence-electron chi connectivity index (χ0n) is 15.0. The number of nitrogens with zero attached hydrogens (tertiary/aromatic N) is 2. The molecule has 0 aliphatic carbocycles. The number of carbonyl (C=O) groups is 2. The molecular formula is C20H20N4O2. The highest BCUT2D eigenvalue weighted by Crippen LogP contribution is 2.15. The first kappa shape index (κ1) is 17.5. The minimum Gasteiger partial charge on any atom is -0.348 e. The molecule has 0 aliphatic heterocycles. The highest BCUT2D eigenvalue weighted by molar-refractivity contribution is 5.97. The Hall–Kier alpha value is -3.28. The van der Waals surface area contributed by atoms with Gasteiger partial charge in [0.1, 0.15) is 0 Å². The molecule has 0 radical (unpaired) electrons. The Morgan fingerprint density at radius 1 is 0.923 bits per heavy atom. The molecule has 0 spiro atoms. The molecule has 2 amide bonds. The van der Waals surface area contributed by atoms with Gasteiger partial charge in [0, 0.05) is 24.7 Å². The number of amides is 2. The molecule has 6 heteroatoms. The lowest BCUT2D eigenvalue weighted by Crippen LogP contribution is -2.22. The van der Waals surface area contributed by atoms with Crippen LogP contribution in [-0.4, -0.2) is 21.8 Å². The van der Waals surface area contributed by atoms with E-state index < -0.39 is 0 Å². The second-order valence-electron chi connectivity index (χ2n) is 6.16. The van der Waals surface area contributed by atoms with Crippen LogP contribution in [0.3, 0.4) is 0 Å². The summed E-state index contributed by atoms with van der Waals surface area (Å²) < 4.78 is 0. The maximum Gasteiger partial charge on any atom is 0.251 e. The van der Waals surface area contributed by atoms with E-state index in [9.17, 15) is 9.59 Å². The first-order valence-electron chi connectivity index (χ1n) is 8.32. The van der Waals surface area contributed by atoms with Gasteiger partial charge in [-0.2, -0.15) is 0 Å². The van der Waals surface area contributed by atoms with Crippen LogP contribution >= 0.6 is 0 Å². The van der Waals surface area contributed by atoms with E-state index in [-0.39, 0.29) is 11.8 Å². The molecule has 0 atom stereocenters. The van der Waals surface area contributed by atoms with Gasteiger partial charge in [-0.15, -0.1) is 0 Å². The molecule has 1 heterocycles. The van der Waals surface area contributed by atoms with Crippen molar-refractivity contribution >= 4 is 28.5 Å². The van der Waals surface area contributed by atoms with Gasteiger partial charge in [-0.05, 0) is 49.7 Å². The smallest absolute Gasteiger partial charge is 0.251 e. The van der Waals surface area contributed by atoms with Gasteiger partial charge < -0.3 is 10.6 Å². The zero-order valence-corrected chi connectivity index (χ0v) is 15.0. The molecule has 132 valence electrons. The van der Waals surface area contributed by atoms with Crippen molar-refractivity contribution < 1.29 is 9.59 Å². The molecule has 0 unspecified atom stereocenters. The molecule has 0 saturated carbocycles. The molecule has 0 saturated heterocycles. The van der Waals surface area contributed by atoms with Crippen molar-refractivity contribution in [3.8, 4) is 0 Å². The molecule has 26 heavy (non-hydrogen) atoms. The minimum atomic E-state index is -0.169. The number of hydrogen-bond acceptors (Lipinski definition) is 4. The standard InChI is InChI=1S/C20H20N4O2/c1-12-13(2)23-19-10-16(6-9-18(19)22-12)20(26)21-11-15-4-7-17(8-5-15)24-14(3)25/h4-10H,11H2,1-3H3,(H,21,26)(H,24,25). The fraction of sp³-hybridized carbons (Fsp3) is 0.200. The second-order valence-corrected chi connectivity index (χ2v) is 6.16. The molecule has 0 bridgehead atoms. The number of anilines is 1. The molecule has 1 aromatic heterocycles. The predicted molar refractivity (Wildman–Crippen MR) is 101 cm³/mol. The highest BCUT2D eigenvalue weighted by atomic mass is 16.2. The van der Waals surface area contributed by atoms with Crippen molar-refractivity contribution in [3.63, 3.8) is 0 Å². The van der Waals surface area contributed by atoms with Gasteiger partial charge in [0.2, 0.25) is 5.91 Å². The third kappa shape index (κ3) is 4.03. The Morgan fingerprint density at radius 3 is 2.23 bits per heavy atom. The van der Waals surface area contributed by atoms with Gasteiger partial charge in [-0.1, -0.05) is 12.1 Å². The van der Waals surface area contributed by atoms with Gasteiger partial charge in [-0.25, -0.2) is 9.97 Å². The minimum absolute atomic E-state index is 0.115. The fourth-order valence-electron chi connectivity index (χ4n) is 2.57. The van der Waals surface area contributed by atoms with Gasteiger partial charge >= 0.3 is 0 Å². The maximum absolute atomic E-state index is 12.4. The Bertz CT molecular complexity index is 981. The summed E-state index contributed by atoms with van der Waals surface area (Å²) in [6.45, 7) is 5.68. The summed E-state index contributed by atoms with van der Waals surface area (Å²) in [4.78, 5) is 32.4. The largest absolute Gasteiger partial charge is 0.348 e. The van der Waals surface area contributed by atoms with Crippen molar-refractivity contribution in [2.75, 3.05) is 5.32 Å². The number of nitrogens with one attached hydrogen (secondary N) is 2. The molecule has 0 fully saturated rings. The Kier molecular flexibility index (Phi) is 4.93. The Labute approximate surface area is 151 Å². The van der Waals surface area contributed by atoms with Crippen LogP contribution in [0, 0.1) is 13.8 Å². The fourth-order valence-corrected chi connectivity index (χ4v) is 2.57. The summed E-state index contributed by atoms with van der Waals surface area (Å²) in [7, 11) is 0. The lowest BCUT2D eigenvalue weighted by molar-refractivity contribution is -0.114. The van der Waals surface area contributed by atoms with Crippen LogP contribution in [0.15, 0.2) is 42.5 Å². The lowest BCUT2D eigenvalue weighted by atomic mass is 10.1. The third-order valence-corrected chi connectivity index (χ3v) is 4.06. The number of aryl methyl sites for hydroxylation is 2. The third-order valence-electron chi connectivity index (χ3n) is 4.06. The summed E-state index contributed by atoms with van der Waals surface area (Å²) in [6.07, 6.45) is 0. The molecule has 3 rings (SSSR count). The van der Waals surface area contributed by atoms with Crippen molar-refractivity contribution in [3.05, 3.63) is 65.0 Å². The van der Waals surface area contributed by atoms with E-state index in [1.54, 1.807) is 24.3 Å². The molecule has 2 N–H and O–H groups in total. The molecule has 6 nitrogen and oxygen atoms in total. The normalized spacial score (nSPS) is 10.6. The second kappa shape index (κ2) is 7.31. The van der Waals surface area contributed by atoms with Crippen LogP contribution in [-0.2, 0) is 11.3 Å². The van der Waals surface area contributed by atoms with Crippen LogP contribution in [0.4, 0.5) is 5.69 Å². The summed E-state index contributed by atoms with van der Waals surface area (Å²) >= 11 is 0. The summed E-state index contributed by atoms with van der Waals surface area (Å²) in [5, 5.41) is 5.60.